The molecule has 0 aliphatic heterocycles. The number of rotatable bonds is 7. The summed E-state index contributed by atoms with van der Waals surface area (Å²) in [6.45, 7) is 0. The van der Waals surface area contributed by atoms with Crippen molar-refractivity contribution in [1.82, 2.24) is 19.5 Å². The first-order valence-electron chi connectivity index (χ1n) is 23.2. The number of nitrogens with zero attached hydrogens (tertiary/aromatic N) is 4. The molecule has 4 aromatic heterocycles. The van der Waals surface area contributed by atoms with Crippen molar-refractivity contribution in [2.24, 2.45) is 0 Å². The molecule has 14 aromatic rings. The van der Waals surface area contributed by atoms with E-state index in [1.165, 1.54) is 21.9 Å². The van der Waals surface area contributed by atoms with Crippen LogP contribution in [0.2, 0.25) is 0 Å². The second-order valence-electron chi connectivity index (χ2n) is 17.5. The van der Waals surface area contributed by atoms with Crippen molar-refractivity contribution in [3.8, 4) is 73.2 Å². The smallest absolute Gasteiger partial charge is 0.164 e. The summed E-state index contributed by atoms with van der Waals surface area (Å²) in [6.07, 6.45) is 0. The normalized spacial score (nSPS) is 11.8. The molecule has 0 aliphatic rings. The Morgan fingerprint density at radius 1 is 0.275 bits per heavy atom. The first-order valence-corrected chi connectivity index (χ1v) is 23.2. The summed E-state index contributed by atoms with van der Waals surface area (Å²) in [5.74, 6) is 1.83. The van der Waals surface area contributed by atoms with Gasteiger partial charge < -0.3 is 13.4 Å². The fourth-order valence-electron chi connectivity index (χ4n) is 10.3. The van der Waals surface area contributed by atoms with Crippen LogP contribution in [0.3, 0.4) is 0 Å². The van der Waals surface area contributed by atoms with E-state index >= 15 is 0 Å². The zero-order valence-electron chi connectivity index (χ0n) is 37.0. The van der Waals surface area contributed by atoms with E-state index in [9.17, 15) is 0 Å². The molecule has 4 heterocycles. The van der Waals surface area contributed by atoms with E-state index in [-0.39, 0.29) is 0 Å². The minimum atomic E-state index is 0.593. The van der Waals surface area contributed by atoms with E-state index in [2.05, 4.69) is 156 Å². The molecular weight excluding hydrogens is 845 g/mol. The Morgan fingerprint density at radius 3 is 1.42 bits per heavy atom. The maximum Gasteiger partial charge on any atom is 0.164 e. The number of aromatic nitrogens is 4. The molecule has 0 saturated heterocycles. The fraction of sp³-hybridized carbons (Fsp3) is 0. The van der Waals surface area contributed by atoms with Gasteiger partial charge in [0.05, 0.1) is 16.7 Å². The first-order chi connectivity index (χ1) is 34.2. The number of benzene rings is 10. The average molecular weight is 883 g/mol. The summed E-state index contributed by atoms with van der Waals surface area (Å²) in [5, 5.41) is 6.56. The Labute approximate surface area is 396 Å². The summed E-state index contributed by atoms with van der Waals surface area (Å²) in [4.78, 5) is 15.2. The lowest BCUT2D eigenvalue weighted by atomic mass is 9.91. The van der Waals surface area contributed by atoms with Gasteiger partial charge in [-0.05, 0) is 88.0 Å². The van der Waals surface area contributed by atoms with E-state index in [1.807, 2.05) is 78.9 Å². The van der Waals surface area contributed by atoms with Gasteiger partial charge in [0.1, 0.15) is 22.3 Å². The van der Waals surface area contributed by atoms with Crippen LogP contribution in [0.1, 0.15) is 0 Å². The third-order valence-electron chi connectivity index (χ3n) is 13.4. The lowest BCUT2D eigenvalue weighted by Crippen LogP contribution is -2.00. The topological polar surface area (TPSA) is 69.9 Å². The van der Waals surface area contributed by atoms with Crippen molar-refractivity contribution in [3.05, 3.63) is 231 Å². The van der Waals surface area contributed by atoms with Crippen molar-refractivity contribution in [2.45, 2.75) is 0 Å². The second kappa shape index (κ2) is 15.6. The highest BCUT2D eigenvalue weighted by atomic mass is 16.3. The summed E-state index contributed by atoms with van der Waals surface area (Å²) in [5.41, 5.74) is 15.7. The standard InChI is InChI=1S/C63H38N4O2/c1-4-17-39(18-5-1)42-31-32-54-52(34-42)47-25-10-13-28-53(47)67(54)46-37-51(60-49-27-12-15-30-56(49)69-58(60)38-46)45-35-50(59-48-26-11-14-29-55(48)68-57(59)36-45)43-23-16-24-44(33-43)63-65-61(40-19-6-2-7-20-40)64-62(66-63)41-21-8-3-9-22-41/h1-38H. The molecule has 0 unspecified atom stereocenters. The third-order valence-corrected chi connectivity index (χ3v) is 13.4. The Balaban J connectivity index is 1.01. The van der Waals surface area contributed by atoms with Crippen LogP contribution in [0.5, 0.6) is 0 Å². The minimum Gasteiger partial charge on any atom is -0.456 e. The van der Waals surface area contributed by atoms with Gasteiger partial charge in [-0.25, -0.2) is 15.0 Å². The quantitative estimate of drug-likeness (QED) is 0.159. The molecule has 322 valence electrons. The van der Waals surface area contributed by atoms with Gasteiger partial charge in [-0.15, -0.1) is 0 Å². The monoisotopic (exact) mass is 882 g/mol. The van der Waals surface area contributed by atoms with Gasteiger partial charge in [0.2, 0.25) is 0 Å². The van der Waals surface area contributed by atoms with Gasteiger partial charge in [0.15, 0.2) is 17.5 Å². The Kier molecular flexibility index (Phi) is 8.79. The molecule has 0 bridgehead atoms. The summed E-state index contributed by atoms with van der Waals surface area (Å²) < 4.78 is 16.0. The zero-order valence-corrected chi connectivity index (χ0v) is 37.0. The number of furan rings is 2. The molecule has 69 heavy (non-hydrogen) atoms. The van der Waals surface area contributed by atoms with Crippen LogP contribution in [0.15, 0.2) is 239 Å². The highest BCUT2D eigenvalue weighted by Crippen LogP contribution is 2.46. The van der Waals surface area contributed by atoms with Crippen molar-refractivity contribution in [3.63, 3.8) is 0 Å². The van der Waals surface area contributed by atoms with Crippen LogP contribution < -0.4 is 0 Å². The molecule has 6 nitrogen and oxygen atoms in total. The number of fused-ring (bicyclic) bond motifs is 9. The Bertz CT molecular complexity index is 4250. The van der Waals surface area contributed by atoms with Crippen LogP contribution in [0.4, 0.5) is 0 Å². The van der Waals surface area contributed by atoms with Gasteiger partial charge in [0, 0.05) is 55.1 Å². The van der Waals surface area contributed by atoms with Crippen molar-refractivity contribution in [2.75, 3.05) is 0 Å². The predicted octanol–water partition coefficient (Wildman–Crippen LogP) is 16.8. The van der Waals surface area contributed by atoms with Gasteiger partial charge in [-0.2, -0.15) is 0 Å². The van der Waals surface area contributed by atoms with Gasteiger partial charge >= 0.3 is 0 Å². The van der Waals surface area contributed by atoms with E-state index in [0.717, 1.165) is 99.5 Å². The maximum absolute atomic E-state index is 6.81. The summed E-state index contributed by atoms with van der Waals surface area (Å²) in [6, 6.07) is 80.5. The van der Waals surface area contributed by atoms with Crippen LogP contribution in [-0.4, -0.2) is 19.5 Å². The molecular formula is C63H38N4O2. The van der Waals surface area contributed by atoms with Gasteiger partial charge in [-0.3, -0.25) is 0 Å². The lowest BCUT2D eigenvalue weighted by Gasteiger charge is -2.14. The number of hydrogen-bond acceptors (Lipinski definition) is 5. The zero-order chi connectivity index (χ0) is 45.4. The molecule has 0 atom stereocenters. The van der Waals surface area contributed by atoms with Crippen LogP contribution >= 0.6 is 0 Å². The van der Waals surface area contributed by atoms with Gasteiger partial charge in [0.25, 0.3) is 0 Å². The van der Waals surface area contributed by atoms with Crippen molar-refractivity contribution < 1.29 is 8.83 Å². The molecule has 6 heteroatoms. The fourth-order valence-corrected chi connectivity index (χ4v) is 10.3. The maximum atomic E-state index is 6.81. The molecule has 0 spiro atoms. The van der Waals surface area contributed by atoms with Crippen LogP contribution in [0, 0.1) is 0 Å². The van der Waals surface area contributed by atoms with E-state index in [1.54, 1.807) is 0 Å². The minimum absolute atomic E-state index is 0.593. The molecule has 0 radical (unpaired) electrons. The molecule has 0 aliphatic carbocycles. The van der Waals surface area contributed by atoms with Crippen molar-refractivity contribution in [1.29, 1.82) is 0 Å². The Hall–Kier alpha value is -9.39. The molecule has 14 rings (SSSR count). The third kappa shape index (κ3) is 6.45. The largest absolute Gasteiger partial charge is 0.456 e. The van der Waals surface area contributed by atoms with Crippen LogP contribution in [0.25, 0.3) is 139 Å². The first kappa shape index (κ1) is 38.8. The summed E-state index contributed by atoms with van der Waals surface area (Å²) >= 11 is 0. The molecule has 0 N–H and O–H groups in total. The van der Waals surface area contributed by atoms with Crippen LogP contribution in [-0.2, 0) is 0 Å². The molecule has 10 aromatic carbocycles. The lowest BCUT2D eigenvalue weighted by molar-refractivity contribution is 0.668. The average Bonchev–Trinajstić information content (AvgIpc) is 4.10. The number of hydrogen-bond donors (Lipinski definition) is 0. The van der Waals surface area contributed by atoms with Gasteiger partial charge in [-0.1, -0.05) is 170 Å². The Morgan fingerprint density at radius 2 is 0.768 bits per heavy atom. The second-order valence-corrected chi connectivity index (χ2v) is 17.5. The number of para-hydroxylation sites is 3. The van der Waals surface area contributed by atoms with Crippen molar-refractivity contribution >= 4 is 65.7 Å². The molecule has 0 saturated carbocycles. The SMILES string of the molecule is c1ccc(-c2ccc3c(c2)c2ccccc2n3-c2cc(-c3cc(-c4cccc(-c5nc(-c6ccccc6)nc(-c6ccccc6)n5)c4)c4c(c3)oc3ccccc34)c3c(c2)oc2ccccc23)cc1. The predicted molar refractivity (Wildman–Crippen MR) is 281 cm³/mol. The highest BCUT2D eigenvalue weighted by molar-refractivity contribution is 6.18. The molecule has 0 fully saturated rings. The molecule has 0 amide bonds. The van der Waals surface area contributed by atoms with E-state index < -0.39 is 0 Å². The summed E-state index contributed by atoms with van der Waals surface area (Å²) in [7, 11) is 0. The van der Waals surface area contributed by atoms with E-state index in [4.69, 9.17) is 23.8 Å². The van der Waals surface area contributed by atoms with E-state index in [0.29, 0.717) is 17.5 Å². The highest BCUT2D eigenvalue weighted by Gasteiger charge is 2.22.